The Kier molecular flexibility index (Phi) is 7.39. The van der Waals surface area contributed by atoms with Gasteiger partial charge in [0, 0.05) is 61.6 Å². The van der Waals surface area contributed by atoms with Crippen LogP contribution in [0, 0.1) is 0 Å². The van der Waals surface area contributed by atoms with Crippen molar-refractivity contribution in [1.29, 1.82) is 0 Å². The number of sulfonamides is 1. The number of hydrogen-bond donors (Lipinski definition) is 2. The molecule has 4 rings (SSSR count). The number of rotatable bonds is 8. The summed E-state index contributed by atoms with van der Waals surface area (Å²) >= 11 is 6.24. The van der Waals surface area contributed by atoms with Crippen molar-refractivity contribution in [3.8, 4) is 0 Å². The van der Waals surface area contributed by atoms with E-state index in [1.807, 2.05) is 37.2 Å². The molecule has 2 heterocycles. The van der Waals surface area contributed by atoms with Crippen molar-refractivity contribution in [2.75, 3.05) is 37.4 Å². The van der Waals surface area contributed by atoms with Crippen molar-refractivity contribution < 1.29 is 17.6 Å². The molecule has 1 aromatic heterocycles. The predicted octanol–water partition coefficient (Wildman–Crippen LogP) is 3.95. The fourth-order valence-corrected chi connectivity index (χ4v) is 5.70. The van der Waals surface area contributed by atoms with Crippen LogP contribution in [0.2, 0.25) is 5.02 Å². The van der Waals surface area contributed by atoms with Gasteiger partial charge in [-0.25, -0.2) is 8.42 Å². The van der Waals surface area contributed by atoms with E-state index >= 15 is 0 Å². The average molecular weight is 517 g/mol. The first kappa shape index (κ1) is 25.1. The lowest BCUT2D eigenvalue weighted by molar-refractivity contribution is 0.1000. The Labute approximate surface area is 210 Å². The third-order valence-corrected chi connectivity index (χ3v) is 8.25. The van der Waals surface area contributed by atoms with Gasteiger partial charge in [0.05, 0.1) is 0 Å². The number of piperidine rings is 1. The van der Waals surface area contributed by atoms with Crippen molar-refractivity contribution in [3.05, 3.63) is 76.5 Å². The van der Waals surface area contributed by atoms with E-state index in [0.29, 0.717) is 47.8 Å². The van der Waals surface area contributed by atoms with Crippen LogP contribution < -0.4 is 16.0 Å². The molecule has 10 heteroatoms. The van der Waals surface area contributed by atoms with E-state index in [0.717, 1.165) is 11.4 Å². The second-order valence-electron chi connectivity index (χ2n) is 8.84. The summed E-state index contributed by atoms with van der Waals surface area (Å²) in [5, 5.41) is 3.87. The quantitative estimate of drug-likeness (QED) is 0.469. The molecule has 186 valence electrons. The van der Waals surface area contributed by atoms with Crippen LogP contribution in [-0.2, 0) is 16.4 Å². The monoisotopic (exact) mass is 516 g/mol. The van der Waals surface area contributed by atoms with Gasteiger partial charge in [0.25, 0.3) is 10.0 Å². The fraction of sp³-hybridized carbons (Fsp3) is 0.320. The van der Waals surface area contributed by atoms with Crippen LogP contribution in [0.1, 0.15) is 34.5 Å². The lowest BCUT2D eigenvalue weighted by Gasteiger charge is -2.31. The van der Waals surface area contributed by atoms with Crippen molar-refractivity contribution in [2.45, 2.75) is 30.4 Å². The Morgan fingerprint density at radius 2 is 1.89 bits per heavy atom. The number of halogens is 1. The minimum Gasteiger partial charge on any atom is -0.448 e. The predicted molar refractivity (Wildman–Crippen MR) is 138 cm³/mol. The van der Waals surface area contributed by atoms with Crippen molar-refractivity contribution in [2.24, 2.45) is 5.73 Å². The molecule has 0 aliphatic carbocycles. The fourth-order valence-electron chi connectivity index (χ4n) is 4.12. The molecule has 1 amide bonds. The molecule has 1 aliphatic rings. The lowest BCUT2D eigenvalue weighted by atomic mass is 10.1. The van der Waals surface area contributed by atoms with Crippen LogP contribution in [-0.4, -0.2) is 51.9 Å². The molecule has 3 aromatic rings. The van der Waals surface area contributed by atoms with Crippen LogP contribution in [0.25, 0.3) is 0 Å². The van der Waals surface area contributed by atoms with Gasteiger partial charge >= 0.3 is 0 Å². The standard InChI is InChI=1S/C25H29ClN4O4S/c1-29(2)21-5-3-4-20(16-21)28-19-10-12-30(13-11-19)35(32,33)24-9-7-22(34-24)15-18-14-17(25(27)31)6-8-23(18)26/h3-9,14,16,19,28H,10-13,15H2,1-2H3,(H2,27,31). The van der Waals surface area contributed by atoms with Gasteiger partial charge in [0.1, 0.15) is 5.76 Å². The molecule has 1 saturated heterocycles. The van der Waals surface area contributed by atoms with E-state index in [2.05, 4.69) is 11.4 Å². The summed E-state index contributed by atoms with van der Waals surface area (Å²) in [5.74, 6) is -0.127. The van der Waals surface area contributed by atoms with Crippen molar-refractivity contribution >= 4 is 38.9 Å². The Balaban J connectivity index is 1.39. The molecule has 0 unspecified atom stereocenters. The molecule has 0 saturated carbocycles. The Bertz CT molecular complexity index is 1310. The third-order valence-electron chi connectivity index (χ3n) is 6.11. The van der Waals surface area contributed by atoms with E-state index < -0.39 is 15.9 Å². The number of benzene rings is 2. The second-order valence-corrected chi connectivity index (χ2v) is 11.1. The van der Waals surface area contributed by atoms with Gasteiger partial charge in [-0.3, -0.25) is 4.79 Å². The maximum Gasteiger partial charge on any atom is 0.276 e. The summed E-state index contributed by atoms with van der Waals surface area (Å²) in [5.41, 5.74) is 8.43. The maximum atomic E-state index is 13.2. The molecule has 1 aliphatic heterocycles. The zero-order valence-electron chi connectivity index (χ0n) is 19.7. The smallest absolute Gasteiger partial charge is 0.276 e. The van der Waals surface area contributed by atoms with Gasteiger partial charge in [-0.1, -0.05) is 17.7 Å². The van der Waals surface area contributed by atoms with Crippen molar-refractivity contribution in [1.82, 2.24) is 4.31 Å². The largest absolute Gasteiger partial charge is 0.448 e. The highest BCUT2D eigenvalue weighted by Gasteiger charge is 2.31. The van der Waals surface area contributed by atoms with Crippen LogP contribution in [0.3, 0.4) is 0 Å². The highest BCUT2D eigenvalue weighted by molar-refractivity contribution is 7.89. The molecular formula is C25H29ClN4O4S. The van der Waals surface area contributed by atoms with E-state index in [4.69, 9.17) is 21.8 Å². The number of primary amides is 1. The third kappa shape index (κ3) is 5.80. The number of carbonyl (C=O) groups excluding carboxylic acids is 1. The number of nitrogens with two attached hydrogens (primary N) is 1. The molecule has 0 bridgehead atoms. The van der Waals surface area contributed by atoms with Crippen LogP contribution in [0.4, 0.5) is 11.4 Å². The highest BCUT2D eigenvalue weighted by Crippen LogP contribution is 2.27. The van der Waals surface area contributed by atoms with Gasteiger partial charge in [-0.15, -0.1) is 0 Å². The maximum absolute atomic E-state index is 13.2. The SMILES string of the molecule is CN(C)c1cccc(NC2CCN(S(=O)(=O)c3ccc(Cc4cc(C(N)=O)ccc4Cl)o3)CC2)c1. The highest BCUT2D eigenvalue weighted by atomic mass is 35.5. The minimum atomic E-state index is -3.75. The Morgan fingerprint density at radius 1 is 1.14 bits per heavy atom. The average Bonchev–Trinajstić information content (AvgIpc) is 3.30. The molecule has 0 atom stereocenters. The first-order valence-electron chi connectivity index (χ1n) is 11.3. The number of furan rings is 1. The number of nitrogens with one attached hydrogen (secondary N) is 1. The molecule has 3 N–H and O–H groups in total. The topological polar surface area (TPSA) is 109 Å². The molecule has 0 spiro atoms. The van der Waals surface area contributed by atoms with Crippen LogP contribution >= 0.6 is 11.6 Å². The summed E-state index contributed by atoms with van der Waals surface area (Å²) in [7, 11) is 0.236. The Hall–Kier alpha value is -3.01. The van der Waals surface area contributed by atoms with E-state index in [9.17, 15) is 13.2 Å². The summed E-state index contributed by atoms with van der Waals surface area (Å²) in [6.45, 7) is 0.797. The molecule has 0 radical (unpaired) electrons. The number of amides is 1. The number of anilines is 2. The first-order chi connectivity index (χ1) is 16.6. The van der Waals surface area contributed by atoms with Gasteiger partial charge in [0.15, 0.2) is 0 Å². The van der Waals surface area contributed by atoms with Gasteiger partial charge < -0.3 is 20.4 Å². The summed E-state index contributed by atoms with van der Waals surface area (Å²) < 4.78 is 33.5. The molecule has 35 heavy (non-hydrogen) atoms. The summed E-state index contributed by atoms with van der Waals surface area (Å²) in [6.07, 6.45) is 1.62. The zero-order chi connectivity index (χ0) is 25.2. The normalized spacial score (nSPS) is 15.2. The van der Waals surface area contributed by atoms with E-state index in [1.165, 1.54) is 10.4 Å². The Morgan fingerprint density at radius 3 is 2.57 bits per heavy atom. The first-order valence-corrected chi connectivity index (χ1v) is 13.2. The van der Waals surface area contributed by atoms with Crippen molar-refractivity contribution in [3.63, 3.8) is 0 Å². The number of hydrogen-bond acceptors (Lipinski definition) is 6. The number of nitrogens with zero attached hydrogens (tertiary/aromatic N) is 2. The molecule has 8 nitrogen and oxygen atoms in total. The summed E-state index contributed by atoms with van der Waals surface area (Å²) in [6, 6.07) is 16.1. The van der Waals surface area contributed by atoms with E-state index in [1.54, 1.807) is 24.3 Å². The molecule has 2 aromatic carbocycles. The second kappa shape index (κ2) is 10.3. The summed E-state index contributed by atoms with van der Waals surface area (Å²) in [4.78, 5) is 13.5. The molecular weight excluding hydrogens is 488 g/mol. The number of carbonyl (C=O) groups is 1. The zero-order valence-corrected chi connectivity index (χ0v) is 21.3. The van der Waals surface area contributed by atoms with E-state index in [-0.39, 0.29) is 17.6 Å². The minimum absolute atomic E-state index is 0.0974. The van der Waals surface area contributed by atoms with Gasteiger partial charge in [0.2, 0.25) is 11.0 Å². The van der Waals surface area contributed by atoms with Crippen LogP contribution in [0.15, 0.2) is 64.1 Å². The van der Waals surface area contributed by atoms with Gasteiger partial charge in [-0.05, 0) is 66.9 Å². The lowest BCUT2D eigenvalue weighted by Crippen LogP contribution is -2.42. The molecule has 1 fully saturated rings. The van der Waals surface area contributed by atoms with Crippen LogP contribution in [0.5, 0.6) is 0 Å². The van der Waals surface area contributed by atoms with Gasteiger partial charge in [-0.2, -0.15) is 4.31 Å².